The highest BCUT2D eigenvalue weighted by molar-refractivity contribution is 6.37. The van der Waals surface area contributed by atoms with Gasteiger partial charge in [0.1, 0.15) is 11.6 Å². The first-order valence-electron chi connectivity index (χ1n) is 6.71. The van der Waals surface area contributed by atoms with Gasteiger partial charge in [0.05, 0.1) is 10.0 Å². The largest absolute Gasteiger partial charge is 0.372 e. The summed E-state index contributed by atoms with van der Waals surface area (Å²) >= 11 is 12.3. The third-order valence-corrected chi connectivity index (χ3v) is 4.29. The van der Waals surface area contributed by atoms with Crippen molar-refractivity contribution in [3.8, 4) is 0 Å². The minimum Gasteiger partial charge on any atom is -0.372 e. The third-order valence-electron chi connectivity index (χ3n) is 3.71. The molecule has 19 heavy (non-hydrogen) atoms. The molecule has 1 fully saturated rings. The normalized spacial score (nSPS) is 22.1. The van der Waals surface area contributed by atoms with E-state index < -0.39 is 0 Å². The zero-order valence-electron chi connectivity index (χ0n) is 11.7. The molecule has 2 rings (SSSR count). The molecule has 1 saturated carbocycles. The van der Waals surface area contributed by atoms with Crippen LogP contribution in [0.3, 0.4) is 0 Å². The Kier molecular flexibility index (Phi) is 4.46. The maximum atomic E-state index is 6.21. The summed E-state index contributed by atoms with van der Waals surface area (Å²) in [5.41, 5.74) is 0.390. The van der Waals surface area contributed by atoms with E-state index in [9.17, 15) is 0 Å². The lowest BCUT2D eigenvalue weighted by atomic mass is 9.75. The van der Waals surface area contributed by atoms with Gasteiger partial charge in [-0.1, -0.05) is 43.5 Å². The van der Waals surface area contributed by atoms with Crippen LogP contribution < -0.4 is 10.6 Å². The standard InChI is InChI=1S/C14H21Cl2N3/c1-14(2)6-4-5-9(8-14)18-13-11(16)7-10(15)12(17-3)19-13/h7,9H,4-6,8H2,1-3H3,(H2,17,18,19). The molecule has 0 spiro atoms. The van der Waals surface area contributed by atoms with E-state index in [1.807, 2.05) is 0 Å². The fraction of sp³-hybridized carbons (Fsp3) is 0.643. The number of aromatic nitrogens is 1. The molecule has 1 heterocycles. The van der Waals surface area contributed by atoms with E-state index in [2.05, 4.69) is 29.5 Å². The lowest BCUT2D eigenvalue weighted by Gasteiger charge is -2.36. The Hall–Kier alpha value is -0.670. The van der Waals surface area contributed by atoms with E-state index in [1.165, 1.54) is 19.3 Å². The Bertz CT molecular complexity index is 460. The van der Waals surface area contributed by atoms with Crippen LogP contribution in [0.5, 0.6) is 0 Å². The number of rotatable bonds is 3. The second-order valence-corrected chi connectivity index (χ2v) is 6.82. The summed E-state index contributed by atoms with van der Waals surface area (Å²) < 4.78 is 0. The minimum absolute atomic E-state index is 0.390. The molecule has 1 aromatic rings. The Balaban J connectivity index is 2.14. The maximum absolute atomic E-state index is 6.21. The molecule has 2 N–H and O–H groups in total. The van der Waals surface area contributed by atoms with Gasteiger partial charge in [0, 0.05) is 13.1 Å². The van der Waals surface area contributed by atoms with Gasteiger partial charge in [-0.05, 0) is 30.7 Å². The van der Waals surface area contributed by atoms with Crippen LogP contribution in [0.2, 0.25) is 10.0 Å². The van der Waals surface area contributed by atoms with E-state index in [0.29, 0.717) is 27.3 Å². The molecule has 1 unspecified atom stereocenters. The molecule has 106 valence electrons. The summed E-state index contributed by atoms with van der Waals surface area (Å²) in [6.07, 6.45) is 4.84. The van der Waals surface area contributed by atoms with Crippen molar-refractivity contribution in [2.24, 2.45) is 5.41 Å². The summed E-state index contributed by atoms with van der Waals surface area (Å²) in [5.74, 6) is 1.38. The molecule has 0 amide bonds. The zero-order valence-corrected chi connectivity index (χ0v) is 13.2. The second kappa shape index (κ2) is 5.76. The summed E-state index contributed by atoms with van der Waals surface area (Å²) in [4.78, 5) is 4.45. The van der Waals surface area contributed by atoms with Gasteiger partial charge in [-0.15, -0.1) is 0 Å². The van der Waals surface area contributed by atoms with Crippen molar-refractivity contribution in [2.45, 2.75) is 45.6 Å². The summed E-state index contributed by atoms with van der Waals surface area (Å²) in [7, 11) is 1.80. The van der Waals surface area contributed by atoms with Crippen molar-refractivity contribution in [1.29, 1.82) is 0 Å². The Morgan fingerprint density at radius 2 is 1.95 bits per heavy atom. The van der Waals surface area contributed by atoms with Crippen LogP contribution in [0.15, 0.2) is 6.07 Å². The van der Waals surface area contributed by atoms with Gasteiger partial charge in [0.25, 0.3) is 0 Å². The number of nitrogens with one attached hydrogen (secondary N) is 2. The number of anilines is 2. The number of hydrogen-bond donors (Lipinski definition) is 2. The lowest BCUT2D eigenvalue weighted by molar-refractivity contribution is 0.229. The summed E-state index contributed by atoms with van der Waals surface area (Å²) in [6.45, 7) is 4.63. The van der Waals surface area contributed by atoms with Gasteiger partial charge < -0.3 is 10.6 Å². The van der Waals surface area contributed by atoms with E-state index in [0.717, 1.165) is 12.2 Å². The average molecular weight is 302 g/mol. The third kappa shape index (κ3) is 3.67. The second-order valence-electron chi connectivity index (χ2n) is 6.00. The number of hydrogen-bond acceptors (Lipinski definition) is 3. The predicted octanol–water partition coefficient (Wildman–Crippen LogP) is 4.81. The minimum atomic E-state index is 0.390. The molecule has 3 nitrogen and oxygen atoms in total. The van der Waals surface area contributed by atoms with Crippen LogP contribution in [0.4, 0.5) is 11.6 Å². The molecule has 0 saturated heterocycles. The highest BCUT2D eigenvalue weighted by atomic mass is 35.5. The molecule has 1 aliphatic rings. The van der Waals surface area contributed by atoms with Crippen LogP contribution in [0.25, 0.3) is 0 Å². The Morgan fingerprint density at radius 3 is 2.58 bits per heavy atom. The quantitative estimate of drug-likeness (QED) is 0.841. The molecule has 1 aromatic heterocycles. The first-order valence-corrected chi connectivity index (χ1v) is 7.47. The monoisotopic (exact) mass is 301 g/mol. The van der Waals surface area contributed by atoms with Crippen LogP contribution in [0.1, 0.15) is 39.5 Å². The van der Waals surface area contributed by atoms with Crippen molar-refractivity contribution >= 4 is 34.8 Å². The highest BCUT2D eigenvalue weighted by Crippen LogP contribution is 2.37. The Morgan fingerprint density at radius 1 is 1.26 bits per heavy atom. The van der Waals surface area contributed by atoms with Crippen LogP contribution in [-0.2, 0) is 0 Å². The molecular weight excluding hydrogens is 281 g/mol. The van der Waals surface area contributed by atoms with Crippen LogP contribution in [-0.4, -0.2) is 18.1 Å². The number of halogens is 2. The van der Waals surface area contributed by atoms with Gasteiger partial charge in [0.15, 0.2) is 0 Å². The zero-order chi connectivity index (χ0) is 14.0. The van der Waals surface area contributed by atoms with Crippen molar-refractivity contribution in [3.63, 3.8) is 0 Å². The summed E-state index contributed by atoms with van der Waals surface area (Å²) in [6, 6.07) is 2.16. The molecule has 5 heteroatoms. The highest BCUT2D eigenvalue weighted by Gasteiger charge is 2.28. The lowest BCUT2D eigenvalue weighted by Crippen LogP contribution is -2.32. The number of pyridine rings is 1. The molecule has 0 bridgehead atoms. The van der Waals surface area contributed by atoms with Gasteiger partial charge in [-0.25, -0.2) is 4.98 Å². The van der Waals surface area contributed by atoms with Crippen molar-refractivity contribution in [2.75, 3.05) is 17.7 Å². The molecule has 1 atom stereocenters. The topological polar surface area (TPSA) is 37.0 Å². The SMILES string of the molecule is CNc1nc(NC2CCCC(C)(C)C2)c(Cl)cc1Cl. The average Bonchev–Trinajstić information content (AvgIpc) is 2.31. The predicted molar refractivity (Wildman–Crippen MR) is 83.5 cm³/mol. The van der Waals surface area contributed by atoms with Gasteiger partial charge in [-0.3, -0.25) is 0 Å². The molecule has 0 aliphatic heterocycles. The van der Waals surface area contributed by atoms with Crippen LogP contribution >= 0.6 is 23.2 Å². The molecule has 1 aliphatic carbocycles. The van der Waals surface area contributed by atoms with Gasteiger partial charge >= 0.3 is 0 Å². The van der Waals surface area contributed by atoms with Gasteiger partial charge in [0.2, 0.25) is 0 Å². The first kappa shape index (κ1) is 14.7. The van der Waals surface area contributed by atoms with Crippen molar-refractivity contribution in [3.05, 3.63) is 16.1 Å². The maximum Gasteiger partial charge on any atom is 0.147 e. The fourth-order valence-corrected chi connectivity index (χ4v) is 3.27. The van der Waals surface area contributed by atoms with E-state index >= 15 is 0 Å². The smallest absolute Gasteiger partial charge is 0.147 e. The van der Waals surface area contributed by atoms with E-state index in [1.54, 1.807) is 13.1 Å². The molecule has 0 radical (unpaired) electrons. The van der Waals surface area contributed by atoms with Crippen molar-refractivity contribution < 1.29 is 0 Å². The van der Waals surface area contributed by atoms with Gasteiger partial charge in [-0.2, -0.15) is 0 Å². The molecule has 0 aromatic carbocycles. The van der Waals surface area contributed by atoms with E-state index in [-0.39, 0.29) is 0 Å². The fourth-order valence-electron chi connectivity index (χ4n) is 2.76. The number of nitrogens with zero attached hydrogens (tertiary/aromatic N) is 1. The van der Waals surface area contributed by atoms with Crippen LogP contribution in [0, 0.1) is 5.41 Å². The molecular formula is C14H21Cl2N3. The van der Waals surface area contributed by atoms with E-state index in [4.69, 9.17) is 23.2 Å². The van der Waals surface area contributed by atoms with Crippen molar-refractivity contribution in [1.82, 2.24) is 4.98 Å². The Labute approximate surface area is 125 Å². The first-order chi connectivity index (χ1) is 8.91. The summed E-state index contributed by atoms with van der Waals surface area (Å²) in [5, 5.41) is 7.56.